The second-order valence-electron chi connectivity index (χ2n) is 6.47. The Hall–Kier alpha value is -2.02. The highest BCUT2D eigenvalue weighted by molar-refractivity contribution is 7.94. The third-order valence-corrected chi connectivity index (χ3v) is 5.60. The van der Waals surface area contributed by atoms with E-state index in [0.717, 1.165) is 11.1 Å². The number of carboxylic acids is 1. The van der Waals surface area contributed by atoms with Crippen molar-refractivity contribution in [1.82, 2.24) is 0 Å². The van der Waals surface area contributed by atoms with Gasteiger partial charge in [0.1, 0.15) is 6.04 Å². The molecule has 0 saturated carbocycles. The smallest absolute Gasteiger partial charge is 0.327 e. The maximum Gasteiger partial charge on any atom is 0.327 e. The number of rotatable bonds is 7. The minimum absolute atomic E-state index is 0.223. The van der Waals surface area contributed by atoms with Gasteiger partial charge in [-0.2, -0.15) is 0 Å². The normalized spacial score (nSPS) is 16.8. The molecule has 1 heterocycles. The summed E-state index contributed by atoms with van der Waals surface area (Å²) in [6.07, 6.45) is 0.265. The molecule has 2 unspecified atom stereocenters. The van der Waals surface area contributed by atoms with Gasteiger partial charge in [-0.25, -0.2) is 4.79 Å². The van der Waals surface area contributed by atoms with Crippen LogP contribution in [0.15, 0.2) is 48.5 Å². The quantitative estimate of drug-likeness (QED) is 0.552. The summed E-state index contributed by atoms with van der Waals surface area (Å²) in [6, 6.07) is 14.0. The lowest BCUT2D eigenvalue weighted by Crippen LogP contribution is -2.45. The second-order valence-corrected chi connectivity index (χ2v) is 7.71. The summed E-state index contributed by atoms with van der Waals surface area (Å²) in [7, 11) is 0. The van der Waals surface area contributed by atoms with Gasteiger partial charge in [-0.15, -0.1) is 0 Å². The average Bonchev–Trinajstić information content (AvgIpc) is 3.04. The van der Waals surface area contributed by atoms with Crippen LogP contribution in [0.2, 0.25) is 5.02 Å². The summed E-state index contributed by atoms with van der Waals surface area (Å²) < 4.78 is 5.57. The van der Waals surface area contributed by atoms with E-state index < -0.39 is 12.0 Å². The molecular formula is C20H20ClNO4S. The van der Waals surface area contributed by atoms with E-state index in [0.29, 0.717) is 23.1 Å². The third-order valence-electron chi connectivity index (χ3n) is 4.44. The Balaban J connectivity index is 1.62. The van der Waals surface area contributed by atoms with Gasteiger partial charge in [-0.1, -0.05) is 48.9 Å². The number of amides is 1. The van der Waals surface area contributed by atoms with Crippen LogP contribution in [0, 0.1) is 5.92 Å². The lowest BCUT2D eigenvalue weighted by Gasteiger charge is -2.25. The first-order valence-corrected chi connectivity index (χ1v) is 9.89. The maximum absolute atomic E-state index is 12.9. The molecule has 142 valence electrons. The van der Waals surface area contributed by atoms with Crippen molar-refractivity contribution >= 4 is 41.2 Å². The molecule has 5 nitrogen and oxygen atoms in total. The average molecular weight is 406 g/mol. The van der Waals surface area contributed by atoms with Gasteiger partial charge in [-0.05, 0) is 41.4 Å². The van der Waals surface area contributed by atoms with Crippen molar-refractivity contribution in [3.05, 3.63) is 64.7 Å². The van der Waals surface area contributed by atoms with Crippen molar-refractivity contribution in [3.63, 3.8) is 0 Å². The minimum Gasteiger partial charge on any atom is -0.480 e. The zero-order chi connectivity index (χ0) is 19.4. The van der Waals surface area contributed by atoms with Crippen molar-refractivity contribution in [3.8, 4) is 0 Å². The Labute approximate surface area is 167 Å². The van der Waals surface area contributed by atoms with Crippen molar-refractivity contribution in [1.29, 1.82) is 0 Å². The fraction of sp³-hybridized carbons (Fsp3) is 0.300. The summed E-state index contributed by atoms with van der Waals surface area (Å²) in [5.41, 5.74) is 2.46. The number of benzene rings is 2. The van der Waals surface area contributed by atoms with Gasteiger partial charge in [0.15, 0.2) is 0 Å². The molecule has 0 spiro atoms. The van der Waals surface area contributed by atoms with Crippen molar-refractivity contribution in [2.75, 3.05) is 10.7 Å². The molecule has 2 aromatic carbocycles. The number of carbonyl (C=O) groups excluding carboxylic acids is 1. The molecule has 0 bridgehead atoms. The van der Waals surface area contributed by atoms with Crippen LogP contribution in [0.5, 0.6) is 0 Å². The fourth-order valence-corrected chi connectivity index (χ4v) is 3.89. The fourth-order valence-electron chi connectivity index (χ4n) is 3.03. The number of nitrogens with zero attached hydrogens (tertiary/aromatic N) is 1. The first-order valence-electron chi connectivity index (χ1n) is 8.60. The maximum atomic E-state index is 12.9. The van der Waals surface area contributed by atoms with E-state index >= 15 is 0 Å². The number of hydrogen-bond acceptors (Lipinski definition) is 4. The molecule has 0 fully saturated rings. The van der Waals surface area contributed by atoms with E-state index in [1.54, 1.807) is 25.1 Å². The van der Waals surface area contributed by atoms with E-state index in [2.05, 4.69) is 0 Å². The van der Waals surface area contributed by atoms with Gasteiger partial charge in [0.25, 0.3) is 0 Å². The van der Waals surface area contributed by atoms with Crippen LogP contribution in [0.3, 0.4) is 0 Å². The van der Waals surface area contributed by atoms with E-state index in [4.69, 9.17) is 15.8 Å². The van der Waals surface area contributed by atoms with E-state index in [1.165, 1.54) is 16.9 Å². The molecule has 0 aromatic heterocycles. The Morgan fingerprint density at radius 1 is 1.30 bits per heavy atom. The highest BCUT2D eigenvalue weighted by Gasteiger charge is 2.39. The Kier molecular flexibility index (Phi) is 6.42. The molecular weight excluding hydrogens is 386 g/mol. The minimum atomic E-state index is -1.02. The van der Waals surface area contributed by atoms with Crippen LogP contribution in [-0.2, 0) is 26.8 Å². The van der Waals surface area contributed by atoms with Crippen LogP contribution in [0.4, 0.5) is 5.69 Å². The molecule has 27 heavy (non-hydrogen) atoms. The van der Waals surface area contributed by atoms with Crippen LogP contribution in [-0.4, -0.2) is 28.8 Å². The van der Waals surface area contributed by atoms with E-state index in [-0.39, 0.29) is 18.2 Å². The van der Waals surface area contributed by atoms with Gasteiger partial charge >= 0.3 is 5.97 Å². The van der Waals surface area contributed by atoms with Crippen LogP contribution >= 0.6 is 23.6 Å². The zero-order valence-corrected chi connectivity index (χ0v) is 16.4. The van der Waals surface area contributed by atoms with Crippen LogP contribution in [0.1, 0.15) is 18.1 Å². The molecule has 7 heteroatoms. The third kappa shape index (κ3) is 4.64. The SMILES string of the molecule is CC(CSOCc1ccccc1)C(=O)N1c2ccc(Cl)cc2CC1C(=O)O. The molecule has 1 amide bonds. The lowest BCUT2D eigenvalue weighted by molar-refractivity contribution is -0.140. The van der Waals surface area contributed by atoms with Gasteiger partial charge in [0.05, 0.1) is 6.61 Å². The van der Waals surface area contributed by atoms with E-state index in [9.17, 15) is 14.7 Å². The summed E-state index contributed by atoms with van der Waals surface area (Å²) in [5.74, 6) is -1.18. The van der Waals surface area contributed by atoms with Gasteiger partial charge in [0, 0.05) is 28.8 Å². The summed E-state index contributed by atoms with van der Waals surface area (Å²) in [6.45, 7) is 2.24. The standard InChI is InChI=1S/C20H20ClNO4S/c1-13(12-27-26-11-14-5-3-2-4-6-14)19(23)22-17-8-7-16(21)9-15(17)10-18(22)20(24)25/h2-9,13,18H,10-12H2,1H3,(H,24,25). The van der Waals surface area contributed by atoms with Gasteiger partial charge in [0.2, 0.25) is 5.91 Å². The van der Waals surface area contributed by atoms with Crippen molar-refractivity contribution < 1.29 is 18.9 Å². The number of fused-ring (bicyclic) bond motifs is 1. The predicted octanol–water partition coefficient (Wildman–Crippen LogP) is 4.18. The molecule has 2 atom stereocenters. The highest BCUT2D eigenvalue weighted by Crippen LogP contribution is 2.35. The number of hydrogen-bond donors (Lipinski definition) is 1. The topological polar surface area (TPSA) is 66.8 Å². The monoisotopic (exact) mass is 405 g/mol. The Morgan fingerprint density at radius 3 is 2.74 bits per heavy atom. The molecule has 0 radical (unpaired) electrons. The molecule has 3 rings (SSSR count). The molecule has 0 aliphatic carbocycles. The highest BCUT2D eigenvalue weighted by atomic mass is 35.5. The molecule has 1 aliphatic rings. The van der Waals surface area contributed by atoms with Crippen molar-refractivity contribution in [2.24, 2.45) is 5.92 Å². The predicted molar refractivity (Wildman–Crippen MR) is 107 cm³/mol. The largest absolute Gasteiger partial charge is 0.480 e. The first kappa shape index (κ1) is 19.7. The molecule has 1 N–H and O–H groups in total. The van der Waals surface area contributed by atoms with E-state index in [1.807, 2.05) is 30.3 Å². The van der Waals surface area contributed by atoms with Gasteiger partial charge < -0.3 is 9.29 Å². The van der Waals surface area contributed by atoms with Gasteiger partial charge in [-0.3, -0.25) is 9.69 Å². The molecule has 1 aliphatic heterocycles. The summed E-state index contributed by atoms with van der Waals surface area (Å²) >= 11 is 7.23. The van der Waals surface area contributed by atoms with Crippen molar-refractivity contribution in [2.45, 2.75) is 26.0 Å². The number of halogens is 1. The number of aliphatic carboxylic acids is 1. The summed E-state index contributed by atoms with van der Waals surface area (Å²) in [5, 5.41) is 10.1. The number of carboxylic acid groups (broad SMARTS) is 1. The second kappa shape index (κ2) is 8.78. The van der Waals surface area contributed by atoms with Crippen LogP contribution < -0.4 is 4.90 Å². The Bertz CT molecular complexity index is 830. The number of carbonyl (C=O) groups is 2. The Morgan fingerprint density at radius 2 is 2.04 bits per heavy atom. The molecule has 2 aromatic rings. The number of anilines is 1. The molecule has 0 saturated heterocycles. The zero-order valence-electron chi connectivity index (χ0n) is 14.8. The summed E-state index contributed by atoms with van der Waals surface area (Å²) in [4.78, 5) is 26.0. The van der Waals surface area contributed by atoms with Crippen LogP contribution in [0.25, 0.3) is 0 Å². The first-order chi connectivity index (χ1) is 13.0. The lowest BCUT2D eigenvalue weighted by atomic mass is 10.1.